The van der Waals surface area contributed by atoms with Gasteiger partial charge < -0.3 is 10.2 Å². The van der Waals surface area contributed by atoms with Crippen molar-refractivity contribution in [3.05, 3.63) is 69.8 Å². The van der Waals surface area contributed by atoms with E-state index in [9.17, 15) is 9.59 Å². The maximum absolute atomic E-state index is 12.9. The standard InChI is InChI=1S/C23H26N4O2/c1-15-7-8-18(13-17(15)3)25-23(29)26-11-9-19(10-12-26)27-14-24-21-16(2)5-4-6-20(21)22(27)28/h4-8,13-14,19H,9-12H2,1-3H3,(H,25,29). The molecule has 0 aliphatic carbocycles. The normalized spacial score (nSPS) is 14.9. The molecule has 0 atom stereocenters. The first-order valence-electron chi connectivity index (χ1n) is 10.0. The van der Waals surface area contributed by atoms with E-state index < -0.39 is 0 Å². The molecule has 1 fully saturated rings. The minimum atomic E-state index is -0.0914. The van der Waals surface area contributed by atoms with Gasteiger partial charge in [0.25, 0.3) is 5.56 Å². The van der Waals surface area contributed by atoms with Crippen LogP contribution in [0.1, 0.15) is 35.6 Å². The lowest BCUT2D eigenvalue weighted by Gasteiger charge is -2.32. The van der Waals surface area contributed by atoms with Gasteiger partial charge in [0.15, 0.2) is 0 Å². The summed E-state index contributed by atoms with van der Waals surface area (Å²) in [6.45, 7) is 7.27. The van der Waals surface area contributed by atoms with E-state index in [0.29, 0.717) is 18.5 Å². The van der Waals surface area contributed by atoms with E-state index >= 15 is 0 Å². The van der Waals surface area contributed by atoms with Gasteiger partial charge in [0.2, 0.25) is 0 Å². The van der Waals surface area contributed by atoms with Gasteiger partial charge in [-0.2, -0.15) is 0 Å². The maximum Gasteiger partial charge on any atom is 0.321 e. The van der Waals surface area contributed by atoms with E-state index in [-0.39, 0.29) is 17.6 Å². The summed E-state index contributed by atoms with van der Waals surface area (Å²) < 4.78 is 1.74. The van der Waals surface area contributed by atoms with Gasteiger partial charge in [-0.25, -0.2) is 9.78 Å². The molecule has 4 rings (SSSR count). The summed E-state index contributed by atoms with van der Waals surface area (Å²) in [6.07, 6.45) is 3.13. The number of piperidine rings is 1. The number of rotatable bonds is 2. The summed E-state index contributed by atoms with van der Waals surface area (Å²) in [5, 5.41) is 3.64. The number of aromatic nitrogens is 2. The molecule has 2 amide bonds. The summed E-state index contributed by atoms with van der Waals surface area (Å²) in [4.78, 5) is 31.9. The molecule has 2 aromatic carbocycles. The SMILES string of the molecule is Cc1ccc(NC(=O)N2CCC(n3cnc4c(C)cccc4c3=O)CC2)cc1C. The number of para-hydroxylation sites is 1. The number of anilines is 1. The van der Waals surface area contributed by atoms with Crippen LogP contribution in [0.3, 0.4) is 0 Å². The second kappa shape index (κ2) is 7.70. The predicted octanol–water partition coefficient (Wildman–Crippen LogP) is 4.19. The molecule has 1 saturated heterocycles. The number of nitrogens with one attached hydrogen (secondary N) is 1. The first kappa shape index (κ1) is 19.2. The van der Waals surface area contributed by atoms with Gasteiger partial charge in [-0.05, 0) is 68.5 Å². The highest BCUT2D eigenvalue weighted by Crippen LogP contribution is 2.23. The molecule has 3 aromatic rings. The van der Waals surface area contributed by atoms with Gasteiger partial charge in [-0.3, -0.25) is 9.36 Å². The van der Waals surface area contributed by atoms with Crippen molar-refractivity contribution in [2.24, 2.45) is 0 Å². The lowest BCUT2D eigenvalue weighted by molar-refractivity contribution is 0.182. The molecule has 1 aliphatic rings. The Balaban J connectivity index is 1.45. The van der Waals surface area contributed by atoms with Crippen molar-refractivity contribution in [1.29, 1.82) is 0 Å². The molecular formula is C23H26N4O2. The van der Waals surface area contributed by atoms with E-state index in [1.54, 1.807) is 10.9 Å². The van der Waals surface area contributed by atoms with Crippen LogP contribution in [0.15, 0.2) is 47.5 Å². The quantitative estimate of drug-likeness (QED) is 0.713. The zero-order chi connectivity index (χ0) is 20.5. The van der Waals surface area contributed by atoms with E-state index in [4.69, 9.17) is 0 Å². The van der Waals surface area contributed by atoms with E-state index in [1.807, 2.05) is 55.1 Å². The monoisotopic (exact) mass is 390 g/mol. The van der Waals surface area contributed by atoms with Crippen molar-refractivity contribution in [2.45, 2.75) is 39.7 Å². The third kappa shape index (κ3) is 3.75. The maximum atomic E-state index is 12.9. The number of likely N-dealkylation sites (tertiary alicyclic amines) is 1. The van der Waals surface area contributed by atoms with Crippen LogP contribution >= 0.6 is 0 Å². The fourth-order valence-electron chi connectivity index (χ4n) is 3.94. The average molecular weight is 390 g/mol. The second-order valence-electron chi connectivity index (χ2n) is 7.88. The number of urea groups is 1. The number of benzene rings is 2. The van der Waals surface area contributed by atoms with Crippen LogP contribution in [0.25, 0.3) is 10.9 Å². The lowest BCUT2D eigenvalue weighted by Crippen LogP contribution is -2.42. The third-order valence-electron chi connectivity index (χ3n) is 5.92. The predicted molar refractivity (Wildman–Crippen MR) is 116 cm³/mol. The van der Waals surface area contributed by atoms with Crippen LogP contribution in [0.5, 0.6) is 0 Å². The Labute approximate surface area is 170 Å². The number of hydrogen-bond donors (Lipinski definition) is 1. The number of amides is 2. The molecule has 0 saturated carbocycles. The first-order chi connectivity index (χ1) is 13.9. The number of fused-ring (bicyclic) bond motifs is 1. The fourth-order valence-corrected chi connectivity index (χ4v) is 3.94. The summed E-state index contributed by atoms with van der Waals surface area (Å²) in [6, 6.07) is 11.6. The molecule has 150 valence electrons. The first-order valence-corrected chi connectivity index (χ1v) is 10.0. The number of nitrogens with zero attached hydrogens (tertiary/aromatic N) is 3. The second-order valence-corrected chi connectivity index (χ2v) is 7.88. The fraction of sp³-hybridized carbons (Fsp3) is 0.348. The van der Waals surface area contributed by atoms with Gasteiger partial charge in [0.05, 0.1) is 17.2 Å². The zero-order valence-electron chi connectivity index (χ0n) is 17.1. The average Bonchev–Trinajstić information content (AvgIpc) is 2.72. The number of carbonyl (C=O) groups is 1. The van der Waals surface area contributed by atoms with Gasteiger partial charge >= 0.3 is 6.03 Å². The summed E-state index contributed by atoms with van der Waals surface area (Å²) in [5.74, 6) is 0. The Morgan fingerprint density at radius 2 is 1.79 bits per heavy atom. The molecule has 2 heterocycles. The smallest absolute Gasteiger partial charge is 0.321 e. The Morgan fingerprint density at radius 1 is 1.03 bits per heavy atom. The summed E-state index contributed by atoms with van der Waals surface area (Å²) in [7, 11) is 0. The Kier molecular flexibility index (Phi) is 5.09. The molecule has 1 aliphatic heterocycles. The third-order valence-corrected chi connectivity index (χ3v) is 5.92. The van der Waals surface area contributed by atoms with Crippen LogP contribution in [0.4, 0.5) is 10.5 Å². The van der Waals surface area contributed by atoms with E-state index in [0.717, 1.165) is 35.2 Å². The number of aryl methyl sites for hydroxylation is 3. The largest absolute Gasteiger partial charge is 0.324 e. The van der Waals surface area contributed by atoms with Gasteiger partial charge in [0, 0.05) is 24.8 Å². The van der Waals surface area contributed by atoms with Crippen molar-refractivity contribution in [1.82, 2.24) is 14.5 Å². The van der Waals surface area contributed by atoms with Crippen molar-refractivity contribution < 1.29 is 4.79 Å². The van der Waals surface area contributed by atoms with Gasteiger partial charge in [-0.15, -0.1) is 0 Å². The van der Waals surface area contributed by atoms with Crippen molar-refractivity contribution in [3.8, 4) is 0 Å². The minimum absolute atomic E-state index is 0.00303. The molecule has 0 bridgehead atoms. The van der Waals surface area contributed by atoms with Gasteiger partial charge in [0.1, 0.15) is 0 Å². The van der Waals surface area contributed by atoms with Gasteiger partial charge in [-0.1, -0.05) is 18.2 Å². The molecule has 6 nitrogen and oxygen atoms in total. The van der Waals surface area contributed by atoms with Crippen molar-refractivity contribution in [3.63, 3.8) is 0 Å². The topological polar surface area (TPSA) is 67.2 Å². The summed E-state index contributed by atoms with van der Waals surface area (Å²) in [5.41, 5.74) is 4.93. The molecule has 29 heavy (non-hydrogen) atoms. The molecular weight excluding hydrogens is 364 g/mol. The lowest BCUT2D eigenvalue weighted by atomic mass is 10.0. The Bertz CT molecular complexity index is 1130. The molecule has 0 radical (unpaired) electrons. The van der Waals surface area contributed by atoms with E-state index in [2.05, 4.69) is 17.2 Å². The van der Waals surface area contributed by atoms with Crippen LogP contribution in [-0.2, 0) is 0 Å². The van der Waals surface area contributed by atoms with Crippen LogP contribution in [0, 0.1) is 20.8 Å². The highest BCUT2D eigenvalue weighted by molar-refractivity contribution is 5.89. The highest BCUT2D eigenvalue weighted by atomic mass is 16.2. The molecule has 6 heteroatoms. The molecule has 1 N–H and O–H groups in total. The summed E-state index contributed by atoms with van der Waals surface area (Å²) >= 11 is 0. The van der Waals surface area contributed by atoms with Crippen LogP contribution in [-0.4, -0.2) is 33.6 Å². The van der Waals surface area contributed by atoms with Crippen LogP contribution in [0.2, 0.25) is 0 Å². The molecule has 1 aromatic heterocycles. The highest BCUT2D eigenvalue weighted by Gasteiger charge is 2.25. The Hall–Kier alpha value is -3.15. The number of carbonyl (C=O) groups excluding carboxylic acids is 1. The zero-order valence-corrected chi connectivity index (χ0v) is 17.1. The number of hydrogen-bond acceptors (Lipinski definition) is 3. The van der Waals surface area contributed by atoms with Crippen molar-refractivity contribution in [2.75, 3.05) is 18.4 Å². The molecule has 0 spiro atoms. The molecule has 0 unspecified atom stereocenters. The Morgan fingerprint density at radius 3 is 2.52 bits per heavy atom. The van der Waals surface area contributed by atoms with E-state index in [1.165, 1.54) is 5.56 Å². The van der Waals surface area contributed by atoms with Crippen molar-refractivity contribution >= 4 is 22.6 Å². The minimum Gasteiger partial charge on any atom is -0.324 e. The van der Waals surface area contributed by atoms with Crippen LogP contribution < -0.4 is 10.9 Å².